The summed E-state index contributed by atoms with van der Waals surface area (Å²) in [6.45, 7) is 3.37. The summed E-state index contributed by atoms with van der Waals surface area (Å²) in [5, 5.41) is 17.1. The van der Waals surface area contributed by atoms with Crippen molar-refractivity contribution >= 4 is 11.9 Å². The normalized spacial score (nSPS) is 11.8. The lowest BCUT2D eigenvalue weighted by Gasteiger charge is -2.09. The van der Waals surface area contributed by atoms with Crippen molar-refractivity contribution in [1.29, 1.82) is 0 Å². The first-order valence-corrected chi connectivity index (χ1v) is 3.65. The Labute approximate surface area is 70.5 Å². The molecular weight excluding hydrogens is 160 g/mol. The zero-order valence-electron chi connectivity index (χ0n) is 7.07. The molecule has 0 aromatic heterocycles. The van der Waals surface area contributed by atoms with Crippen LogP contribution in [0.4, 0.5) is 0 Å². The molecule has 4 heteroatoms. The van der Waals surface area contributed by atoms with Gasteiger partial charge in [0.1, 0.15) is 0 Å². The SMILES string of the molecule is CC=C(CC)C(C(=O)O)C(=O)O. The van der Waals surface area contributed by atoms with Crippen LogP contribution < -0.4 is 0 Å². The largest absolute Gasteiger partial charge is 0.480 e. The van der Waals surface area contributed by atoms with Crippen molar-refractivity contribution in [2.75, 3.05) is 0 Å². The van der Waals surface area contributed by atoms with E-state index in [4.69, 9.17) is 10.2 Å². The van der Waals surface area contributed by atoms with Crippen LogP contribution in [0.2, 0.25) is 0 Å². The van der Waals surface area contributed by atoms with E-state index in [-0.39, 0.29) is 0 Å². The van der Waals surface area contributed by atoms with Gasteiger partial charge in [-0.2, -0.15) is 0 Å². The second kappa shape index (κ2) is 4.54. The van der Waals surface area contributed by atoms with E-state index in [0.717, 1.165) is 0 Å². The molecule has 0 unspecified atom stereocenters. The van der Waals surface area contributed by atoms with E-state index >= 15 is 0 Å². The Morgan fingerprint density at radius 1 is 1.33 bits per heavy atom. The van der Waals surface area contributed by atoms with Gasteiger partial charge in [0.05, 0.1) is 0 Å². The Kier molecular flexibility index (Phi) is 4.04. The number of carboxylic acids is 2. The summed E-state index contributed by atoms with van der Waals surface area (Å²) in [6, 6.07) is 0. The van der Waals surface area contributed by atoms with Gasteiger partial charge in [-0.15, -0.1) is 0 Å². The van der Waals surface area contributed by atoms with Gasteiger partial charge >= 0.3 is 11.9 Å². The Morgan fingerprint density at radius 3 is 1.83 bits per heavy atom. The van der Waals surface area contributed by atoms with Crippen molar-refractivity contribution in [2.45, 2.75) is 20.3 Å². The fraction of sp³-hybridized carbons (Fsp3) is 0.500. The summed E-state index contributed by atoms with van der Waals surface area (Å²) in [7, 11) is 0. The van der Waals surface area contributed by atoms with E-state index in [2.05, 4.69) is 0 Å². The number of allylic oxidation sites excluding steroid dienone is 1. The fourth-order valence-electron chi connectivity index (χ4n) is 0.998. The van der Waals surface area contributed by atoms with Gasteiger partial charge in [0.25, 0.3) is 0 Å². The second-order valence-corrected chi connectivity index (χ2v) is 2.33. The van der Waals surface area contributed by atoms with Gasteiger partial charge in [-0.05, 0) is 18.9 Å². The maximum atomic E-state index is 10.5. The molecule has 0 aliphatic heterocycles. The molecule has 0 fully saturated rings. The molecule has 0 radical (unpaired) electrons. The molecular formula is C8H12O4. The number of rotatable bonds is 4. The topological polar surface area (TPSA) is 74.6 Å². The predicted octanol–water partition coefficient (Wildman–Crippen LogP) is 1.13. The van der Waals surface area contributed by atoms with Gasteiger partial charge in [0.2, 0.25) is 0 Å². The van der Waals surface area contributed by atoms with Gasteiger partial charge in [0.15, 0.2) is 5.92 Å². The minimum absolute atomic E-state index is 0.426. The first-order valence-electron chi connectivity index (χ1n) is 3.65. The van der Waals surface area contributed by atoms with Crippen LogP contribution in [0.1, 0.15) is 20.3 Å². The van der Waals surface area contributed by atoms with Crippen molar-refractivity contribution < 1.29 is 19.8 Å². The summed E-state index contributed by atoms with van der Waals surface area (Å²) in [4.78, 5) is 21.0. The number of carbonyl (C=O) groups is 2. The molecule has 4 nitrogen and oxygen atoms in total. The number of hydrogen-bond acceptors (Lipinski definition) is 2. The van der Waals surface area contributed by atoms with Gasteiger partial charge in [0, 0.05) is 0 Å². The molecule has 0 spiro atoms. The Balaban J connectivity index is 4.73. The molecule has 0 saturated heterocycles. The maximum absolute atomic E-state index is 10.5. The molecule has 0 aromatic rings. The average molecular weight is 172 g/mol. The van der Waals surface area contributed by atoms with Crippen LogP contribution in [-0.4, -0.2) is 22.2 Å². The van der Waals surface area contributed by atoms with Crippen molar-refractivity contribution in [1.82, 2.24) is 0 Å². The van der Waals surface area contributed by atoms with Crippen molar-refractivity contribution in [3.8, 4) is 0 Å². The standard InChI is InChI=1S/C8H12O4/c1-3-5(4-2)6(7(9)10)8(11)12/h3,6H,4H2,1-2H3,(H,9,10)(H,11,12). The van der Waals surface area contributed by atoms with E-state index < -0.39 is 17.9 Å². The summed E-state index contributed by atoms with van der Waals surface area (Å²) in [5.74, 6) is -4.00. The highest BCUT2D eigenvalue weighted by Crippen LogP contribution is 2.15. The van der Waals surface area contributed by atoms with Crippen LogP contribution >= 0.6 is 0 Å². The molecule has 0 heterocycles. The maximum Gasteiger partial charge on any atom is 0.322 e. The van der Waals surface area contributed by atoms with Gasteiger partial charge in [-0.1, -0.05) is 13.0 Å². The highest BCUT2D eigenvalue weighted by molar-refractivity contribution is 5.96. The zero-order chi connectivity index (χ0) is 9.72. The smallest absolute Gasteiger partial charge is 0.322 e. The highest BCUT2D eigenvalue weighted by atomic mass is 16.4. The summed E-state index contributed by atoms with van der Waals surface area (Å²) >= 11 is 0. The molecule has 0 aliphatic rings. The van der Waals surface area contributed by atoms with E-state index in [1.165, 1.54) is 6.08 Å². The molecule has 0 rings (SSSR count). The number of aliphatic carboxylic acids is 2. The highest BCUT2D eigenvalue weighted by Gasteiger charge is 2.28. The third kappa shape index (κ3) is 2.38. The van der Waals surface area contributed by atoms with Crippen molar-refractivity contribution in [2.24, 2.45) is 5.92 Å². The lowest BCUT2D eigenvalue weighted by molar-refractivity contribution is -0.152. The molecule has 68 valence electrons. The van der Waals surface area contributed by atoms with E-state index in [1.807, 2.05) is 0 Å². The predicted molar refractivity (Wildman–Crippen MR) is 42.8 cm³/mol. The van der Waals surface area contributed by atoms with Crippen LogP contribution in [0.15, 0.2) is 11.6 Å². The van der Waals surface area contributed by atoms with Crippen LogP contribution in [0.25, 0.3) is 0 Å². The van der Waals surface area contributed by atoms with Gasteiger partial charge < -0.3 is 10.2 Å². The average Bonchev–Trinajstić information content (AvgIpc) is 1.98. The molecule has 12 heavy (non-hydrogen) atoms. The van der Waals surface area contributed by atoms with E-state index in [1.54, 1.807) is 13.8 Å². The fourth-order valence-corrected chi connectivity index (χ4v) is 0.998. The van der Waals surface area contributed by atoms with Crippen molar-refractivity contribution in [3.63, 3.8) is 0 Å². The van der Waals surface area contributed by atoms with Crippen LogP contribution in [0, 0.1) is 5.92 Å². The Morgan fingerprint density at radius 2 is 1.75 bits per heavy atom. The molecule has 0 saturated carbocycles. The molecule has 0 amide bonds. The van der Waals surface area contributed by atoms with Gasteiger partial charge in [-0.25, -0.2) is 0 Å². The molecule has 0 bridgehead atoms. The van der Waals surface area contributed by atoms with E-state index in [9.17, 15) is 9.59 Å². The minimum atomic E-state index is -1.39. The van der Waals surface area contributed by atoms with Gasteiger partial charge in [-0.3, -0.25) is 9.59 Å². The second-order valence-electron chi connectivity index (χ2n) is 2.33. The first kappa shape index (κ1) is 10.7. The lowest BCUT2D eigenvalue weighted by atomic mass is 9.97. The third-order valence-electron chi connectivity index (χ3n) is 1.64. The van der Waals surface area contributed by atoms with Crippen LogP contribution in [0.5, 0.6) is 0 Å². The first-order chi connectivity index (χ1) is 5.54. The number of carboxylic acid groups (broad SMARTS) is 2. The van der Waals surface area contributed by atoms with Crippen molar-refractivity contribution in [3.05, 3.63) is 11.6 Å². The Bertz CT molecular complexity index is 203. The van der Waals surface area contributed by atoms with E-state index in [0.29, 0.717) is 12.0 Å². The minimum Gasteiger partial charge on any atom is -0.480 e. The molecule has 0 atom stereocenters. The summed E-state index contributed by atoms with van der Waals surface area (Å²) in [6.07, 6.45) is 1.98. The van der Waals surface area contributed by atoms with Crippen LogP contribution in [0.3, 0.4) is 0 Å². The summed E-state index contributed by atoms with van der Waals surface area (Å²) < 4.78 is 0. The number of hydrogen-bond donors (Lipinski definition) is 2. The summed E-state index contributed by atoms with van der Waals surface area (Å²) in [5.41, 5.74) is 0.426. The molecule has 0 aromatic carbocycles. The van der Waals surface area contributed by atoms with Crippen LogP contribution in [-0.2, 0) is 9.59 Å². The lowest BCUT2D eigenvalue weighted by Crippen LogP contribution is -2.25. The Hall–Kier alpha value is -1.32. The monoisotopic (exact) mass is 172 g/mol. The zero-order valence-corrected chi connectivity index (χ0v) is 7.07. The quantitative estimate of drug-likeness (QED) is 0.492. The molecule has 2 N–H and O–H groups in total. The molecule has 0 aliphatic carbocycles. The third-order valence-corrected chi connectivity index (χ3v) is 1.64.